The van der Waals surface area contributed by atoms with E-state index in [0.717, 1.165) is 12.2 Å². The highest BCUT2D eigenvalue weighted by atomic mass is 35.5. The summed E-state index contributed by atoms with van der Waals surface area (Å²) in [7, 11) is 0. The first-order chi connectivity index (χ1) is 6.20. The van der Waals surface area contributed by atoms with Crippen molar-refractivity contribution in [2.45, 2.75) is 0 Å². The van der Waals surface area contributed by atoms with Gasteiger partial charge in [0.1, 0.15) is 12.4 Å². The molecule has 0 radical (unpaired) electrons. The molecule has 2 rings (SSSR count). The third-order valence-electron chi connectivity index (χ3n) is 1.88. The van der Waals surface area contributed by atoms with Crippen molar-refractivity contribution in [2.24, 2.45) is 0 Å². The number of hydrogen-bond acceptors (Lipinski definition) is 3. The van der Waals surface area contributed by atoms with Crippen LogP contribution in [0.15, 0.2) is 6.07 Å². The molecule has 1 aliphatic heterocycles. The zero-order valence-corrected chi connectivity index (χ0v) is 8.24. The van der Waals surface area contributed by atoms with Gasteiger partial charge < -0.3 is 15.8 Å². The number of fused-ring (bicyclic) bond motifs is 1. The van der Waals surface area contributed by atoms with Gasteiger partial charge in [0.05, 0.1) is 21.4 Å². The van der Waals surface area contributed by atoms with Crippen LogP contribution < -0.4 is 15.8 Å². The fourth-order valence-electron chi connectivity index (χ4n) is 1.23. The molecular formula is C8H8Cl2N2O. The van der Waals surface area contributed by atoms with Crippen molar-refractivity contribution in [2.75, 3.05) is 24.2 Å². The Morgan fingerprint density at radius 3 is 3.00 bits per heavy atom. The maximum absolute atomic E-state index is 5.96. The molecule has 0 fully saturated rings. The third-order valence-corrected chi connectivity index (χ3v) is 2.58. The SMILES string of the molecule is Nc1c(Cl)cc2c(c1Cl)NCCO2. The molecule has 0 saturated heterocycles. The lowest BCUT2D eigenvalue weighted by Gasteiger charge is -2.21. The highest BCUT2D eigenvalue weighted by molar-refractivity contribution is 6.41. The Balaban J connectivity index is 2.60. The number of benzene rings is 1. The average molecular weight is 219 g/mol. The van der Waals surface area contributed by atoms with Crippen LogP contribution in [0.5, 0.6) is 5.75 Å². The Labute approximate surface area is 85.8 Å². The van der Waals surface area contributed by atoms with E-state index in [9.17, 15) is 0 Å². The minimum Gasteiger partial charge on any atom is -0.489 e. The molecule has 5 heteroatoms. The van der Waals surface area contributed by atoms with E-state index in [4.69, 9.17) is 33.7 Å². The van der Waals surface area contributed by atoms with Crippen molar-refractivity contribution in [3.05, 3.63) is 16.1 Å². The lowest BCUT2D eigenvalue weighted by molar-refractivity contribution is 0.323. The molecule has 0 aliphatic carbocycles. The van der Waals surface area contributed by atoms with Crippen LogP contribution >= 0.6 is 23.2 Å². The van der Waals surface area contributed by atoms with E-state index >= 15 is 0 Å². The van der Waals surface area contributed by atoms with E-state index < -0.39 is 0 Å². The van der Waals surface area contributed by atoms with Crippen LogP contribution in [0, 0.1) is 0 Å². The van der Waals surface area contributed by atoms with Gasteiger partial charge in [0.2, 0.25) is 0 Å². The molecule has 3 nitrogen and oxygen atoms in total. The molecule has 13 heavy (non-hydrogen) atoms. The number of rotatable bonds is 0. The standard InChI is InChI=1S/C8H8Cl2N2O/c9-4-3-5-8(6(10)7(4)11)12-1-2-13-5/h3,12H,1-2,11H2. The number of nitrogen functional groups attached to an aromatic ring is 1. The molecule has 0 aromatic heterocycles. The van der Waals surface area contributed by atoms with Crippen molar-refractivity contribution in [1.29, 1.82) is 0 Å². The van der Waals surface area contributed by atoms with Crippen LogP contribution in [0.25, 0.3) is 0 Å². The molecule has 0 atom stereocenters. The van der Waals surface area contributed by atoms with Gasteiger partial charge in [-0.1, -0.05) is 23.2 Å². The van der Waals surface area contributed by atoms with Crippen LogP contribution in [0.3, 0.4) is 0 Å². The number of anilines is 2. The van der Waals surface area contributed by atoms with E-state index in [1.165, 1.54) is 0 Å². The van der Waals surface area contributed by atoms with E-state index in [-0.39, 0.29) is 0 Å². The number of nitrogens with two attached hydrogens (primary N) is 1. The Morgan fingerprint density at radius 2 is 2.23 bits per heavy atom. The number of halogens is 2. The van der Waals surface area contributed by atoms with Gasteiger partial charge in [-0.15, -0.1) is 0 Å². The van der Waals surface area contributed by atoms with Crippen LogP contribution in [-0.2, 0) is 0 Å². The molecule has 0 spiro atoms. The molecule has 1 aliphatic rings. The first-order valence-corrected chi connectivity index (χ1v) is 4.60. The van der Waals surface area contributed by atoms with Gasteiger partial charge in [-0.3, -0.25) is 0 Å². The second-order valence-corrected chi connectivity index (χ2v) is 3.52. The largest absolute Gasteiger partial charge is 0.489 e. The zero-order chi connectivity index (χ0) is 9.42. The highest BCUT2D eigenvalue weighted by Gasteiger charge is 2.17. The second kappa shape index (κ2) is 3.16. The third kappa shape index (κ3) is 1.38. The Hall–Kier alpha value is -0.800. The summed E-state index contributed by atoms with van der Waals surface area (Å²) in [6.45, 7) is 1.34. The summed E-state index contributed by atoms with van der Waals surface area (Å²) in [6.07, 6.45) is 0. The second-order valence-electron chi connectivity index (χ2n) is 2.73. The topological polar surface area (TPSA) is 47.3 Å². The van der Waals surface area contributed by atoms with Crippen LogP contribution in [0.4, 0.5) is 11.4 Å². The monoisotopic (exact) mass is 218 g/mol. The average Bonchev–Trinajstić information content (AvgIpc) is 2.15. The summed E-state index contributed by atoms with van der Waals surface area (Å²) in [5.74, 6) is 0.662. The minimum atomic E-state index is 0.389. The van der Waals surface area contributed by atoms with E-state index in [2.05, 4.69) is 5.32 Å². The van der Waals surface area contributed by atoms with Crippen molar-refractivity contribution in [3.8, 4) is 5.75 Å². The number of ether oxygens (including phenoxy) is 1. The Bertz CT molecular complexity index is 354. The molecule has 1 heterocycles. The summed E-state index contributed by atoms with van der Waals surface area (Å²) in [4.78, 5) is 0. The van der Waals surface area contributed by atoms with Gasteiger partial charge in [-0.05, 0) is 0 Å². The maximum Gasteiger partial charge on any atom is 0.145 e. The molecule has 1 aromatic carbocycles. The zero-order valence-electron chi connectivity index (χ0n) is 6.73. The quantitative estimate of drug-likeness (QED) is 0.658. The molecule has 0 unspecified atom stereocenters. The summed E-state index contributed by atoms with van der Waals surface area (Å²) in [6, 6.07) is 1.67. The molecular weight excluding hydrogens is 211 g/mol. The lowest BCUT2D eigenvalue weighted by Crippen LogP contribution is -2.18. The minimum absolute atomic E-state index is 0.389. The molecule has 1 aromatic rings. The van der Waals surface area contributed by atoms with Crippen molar-refractivity contribution >= 4 is 34.6 Å². The number of hydrogen-bond donors (Lipinski definition) is 2. The summed E-state index contributed by atoms with van der Waals surface area (Å²) in [5, 5.41) is 3.96. The molecule has 0 saturated carbocycles. The Morgan fingerprint density at radius 1 is 1.46 bits per heavy atom. The van der Waals surface area contributed by atoms with Gasteiger partial charge >= 0.3 is 0 Å². The summed E-state index contributed by atoms with van der Waals surface area (Å²) >= 11 is 11.8. The van der Waals surface area contributed by atoms with Gasteiger partial charge in [-0.25, -0.2) is 0 Å². The van der Waals surface area contributed by atoms with Gasteiger partial charge in [0, 0.05) is 12.6 Å². The van der Waals surface area contributed by atoms with E-state index in [1.54, 1.807) is 6.07 Å². The fourth-order valence-corrected chi connectivity index (χ4v) is 1.73. The molecule has 70 valence electrons. The maximum atomic E-state index is 5.96. The first-order valence-electron chi connectivity index (χ1n) is 3.84. The van der Waals surface area contributed by atoms with Gasteiger partial charge in [0.15, 0.2) is 0 Å². The molecule has 3 N–H and O–H groups in total. The van der Waals surface area contributed by atoms with Crippen LogP contribution in [0.1, 0.15) is 0 Å². The number of nitrogens with one attached hydrogen (secondary N) is 1. The van der Waals surface area contributed by atoms with Crippen LogP contribution in [0.2, 0.25) is 10.0 Å². The van der Waals surface area contributed by atoms with Crippen LogP contribution in [-0.4, -0.2) is 13.2 Å². The predicted octanol–water partition coefficient (Wildman–Crippen LogP) is 2.38. The first kappa shape index (κ1) is 8.78. The molecule has 0 bridgehead atoms. The summed E-state index contributed by atoms with van der Waals surface area (Å²) in [5.41, 5.74) is 6.77. The van der Waals surface area contributed by atoms with Gasteiger partial charge in [0.25, 0.3) is 0 Å². The normalized spacial score (nSPS) is 14.3. The van der Waals surface area contributed by atoms with E-state index in [0.29, 0.717) is 28.1 Å². The smallest absolute Gasteiger partial charge is 0.145 e. The highest BCUT2D eigenvalue weighted by Crippen LogP contribution is 2.42. The molecule has 0 amide bonds. The van der Waals surface area contributed by atoms with Crippen molar-refractivity contribution in [1.82, 2.24) is 0 Å². The fraction of sp³-hybridized carbons (Fsp3) is 0.250. The van der Waals surface area contributed by atoms with Gasteiger partial charge in [-0.2, -0.15) is 0 Å². The van der Waals surface area contributed by atoms with Crippen molar-refractivity contribution in [3.63, 3.8) is 0 Å². The predicted molar refractivity (Wildman–Crippen MR) is 54.9 cm³/mol. The lowest BCUT2D eigenvalue weighted by atomic mass is 10.2. The Kier molecular flexibility index (Phi) is 2.14. The van der Waals surface area contributed by atoms with Crippen molar-refractivity contribution < 1.29 is 4.74 Å². The summed E-state index contributed by atoms with van der Waals surface area (Å²) < 4.78 is 5.35. The van der Waals surface area contributed by atoms with E-state index in [1.807, 2.05) is 0 Å².